The van der Waals surface area contributed by atoms with E-state index in [1.165, 1.54) is 45.2 Å². The molecule has 216 valence electrons. The average Bonchev–Trinajstić information content (AvgIpc) is 3.10. The molecule has 1 aliphatic heterocycles. The number of carbonyl (C=O) groups excluding carboxylic acids is 1. The maximum absolute atomic E-state index is 14.3. The minimum Gasteiger partial charge on any atom is -0.462 e. The number of nitrogens with zero attached hydrogens (tertiary/aromatic N) is 2. The van der Waals surface area contributed by atoms with Gasteiger partial charge in [-0.3, -0.25) is 13.9 Å². The Labute approximate surface area is 230 Å². The number of carbonyl (C=O) groups is 1. The van der Waals surface area contributed by atoms with E-state index in [4.69, 9.17) is 35.9 Å². The fraction of sp³-hybridized carbons (Fsp3) is 0.542. The average molecular weight is 591 g/mol. The molecule has 1 aromatic carbocycles. The van der Waals surface area contributed by atoms with Gasteiger partial charge in [-0.1, -0.05) is 18.2 Å². The molecular formula is C24H33ClFN4O8P. The van der Waals surface area contributed by atoms with E-state index in [0.717, 1.165) is 4.57 Å². The SMILES string of the molecule is CC(C)OC(=O)[C@H](C)N[P@@](=O)(Oc1ccccc1)OC(C)(C)[C@H]1O[C@@H](n2ccc(N)nc2=O)[C@@](Cl)(CF)C1O. The molecule has 2 aromatic rings. The highest BCUT2D eigenvalue weighted by Gasteiger charge is 2.62. The van der Waals surface area contributed by atoms with Crippen molar-refractivity contribution in [3.63, 3.8) is 0 Å². The maximum atomic E-state index is 14.3. The van der Waals surface area contributed by atoms with E-state index in [1.807, 2.05) is 0 Å². The number of esters is 1. The Balaban J connectivity index is 1.95. The highest BCUT2D eigenvalue weighted by atomic mass is 35.5. The number of nitrogens with one attached hydrogen (secondary N) is 1. The molecule has 39 heavy (non-hydrogen) atoms. The van der Waals surface area contributed by atoms with E-state index in [0.29, 0.717) is 0 Å². The summed E-state index contributed by atoms with van der Waals surface area (Å²) in [6, 6.07) is 8.17. The lowest BCUT2D eigenvalue weighted by Gasteiger charge is -2.36. The number of hydrogen-bond donors (Lipinski definition) is 3. The Kier molecular flexibility index (Phi) is 9.47. The number of halogens is 2. The van der Waals surface area contributed by atoms with Crippen LogP contribution in [-0.2, 0) is 23.4 Å². The maximum Gasteiger partial charge on any atom is 0.460 e. The third-order valence-electron chi connectivity index (χ3n) is 5.84. The van der Waals surface area contributed by atoms with E-state index >= 15 is 0 Å². The monoisotopic (exact) mass is 590 g/mol. The van der Waals surface area contributed by atoms with Gasteiger partial charge in [0.15, 0.2) is 6.23 Å². The quantitative estimate of drug-likeness (QED) is 0.200. The second kappa shape index (κ2) is 11.9. The summed E-state index contributed by atoms with van der Waals surface area (Å²) in [5.41, 5.74) is 2.96. The van der Waals surface area contributed by atoms with Crippen LogP contribution in [0.2, 0.25) is 0 Å². The molecule has 1 fully saturated rings. The van der Waals surface area contributed by atoms with Crippen molar-refractivity contribution in [2.24, 2.45) is 0 Å². The Hall–Kier alpha value is -2.54. The van der Waals surface area contributed by atoms with Gasteiger partial charge in [0.2, 0.25) is 0 Å². The van der Waals surface area contributed by atoms with E-state index in [2.05, 4.69) is 10.1 Å². The molecular weight excluding hydrogens is 558 g/mol. The second-order valence-corrected chi connectivity index (χ2v) is 12.2. The largest absolute Gasteiger partial charge is 0.462 e. The lowest BCUT2D eigenvalue weighted by atomic mass is 9.91. The summed E-state index contributed by atoms with van der Waals surface area (Å²) in [5, 5.41) is 13.7. The molecule has 1 aliphatic rings. The molecule has 15 heteroatoms. The smallest absolute Gasteiger partial charge is 0.460 e. The minimum absolute atomic E-state index is 0.0781. The molecule has 0 saturated carbocycles. The van der Waals surface area contributed by atoms with Crippen LogP contribution in [0.5, 0.6) is 5.75 Å². The molecule has 1 saturated heterocycles. The summed E-state index contributed by atoms with van der Waals surface area (Å²) >= 11 is 6.49. The Bertz CT molecular complexity index is 1270. The van der Waals surface area contributed by atoms with Crippen molar-refractivity contribution >= 4 is 31.1 Å². The number of aromatic nitrogens is 2. The number of aliphatic hydroxyl groups excluding tert-OH is 1. The second-order valence-electron chi connectivity index (χ2n) is 9.89. The molecule has 2 heterocycles. The number of nitrogen functional groups attached to an aromatic ring is 1. The van der Waals surface area contributed by atoms with Crippen molar-refractivity contribution in [3.8, 4) is 5.75 Å². The first kappa shape index (κ1) is 31.0. The summed E-state index contributed by atoms with van der Waals surface area (Å²) in [7, 11) is -4.43. The highest BCUT2D eigenvalue weighted by Crippen LogP contribution is 2.53. The Morgan fingerprint density at radius 2 is 1.97 bits per heavy atom. The molecule has 6 atom stereocenters. The van der Waals surface area contributed by atoms with Crippen LogP contribution in [0.4, 0.5) is 10.2 Å². The first-order chi connectivity index (χ1) is 18.1. The summed E-state index contributed by atoms with van der Waals surface area (Å²) in [4.78, 5) is 26.4. The number of ether oxygens (including phenoxy) is 2. The van der Waals surface area contributed by atoms with Crippen molar-refractivity contribution in [1.29, 1.82) is 0 Å². The van der Waals surface area contributed by atoms with Gasteiger partial charge >= 0.3 is 19.4 Å². The molecule has 0 spiro atoms. The van der Waals surface area contributed by atoms with Crippen molar-refractivity contribution < 1.29 is 37.4 Å². The number of hydrogen-bond acceptors (Lipinski definition) is 10. The van der Waals surface area contributed by atoms with E-state index in [-0.39, 0.29) is 11.6 Å². The molecule has 0 aliphatic carbocycles. The molecule has 1 aromatic heterocycles. The standard InChI is InChI=1S/C24H33ClFN4O8P/c1-14(2)35-20(32)15(3)29-39(34,37-16-9-7-6-8-10-16)38-23(4,5)19-18(31)24(25,13-26)21(36-19)30-12-11-17(27)28-22(30)33/h6-12,14-15,18-19,21,31H,13H2,1-5H3,(H,29,34)(H2,27,28,33)/t15-,18?,19-,21+,24+,39+/m0/s1. The van der Waals surface area contributed by atoms with Crippen molar-refractivity contribution in [1.82, 2.24) is 14.6 Å². The number of alkyl halides is 2. The zero-order chi connectivity index (χ0) is 29.2. The van der Waals surface area contributed by atoms with Gasteiger partial charge in [0.05, 0.1) is 6.10 Å². The van der Waals surface area contributed by atoms with Crippen LogP contribution in [0.25, 0.3) is 0 Å². The van der Waals surface area contributed by atoms with Crippen LogP contribution < -0.4 is 21.0 Å². The summed E-state index contributed by atoms with van der Waals surface area (Å²) in [6.07, 6.45) is -3.96. The van der Waals surface area contributed by atoms with Crippen molar-refractivity contribution in [3.05, 3.63) is 53.1 Å². The summed E-state index contributed by atoms with van der Waals surface area (Å²) in [5.74, 6) is -0.646. The fourth-order valence-electron chi connectivity index (χ4n) is 3.99. The van der Waals surface area contributed by atoms with E-state index < -0.39 is 67.1 Å². The van der Waals surface area contributed by atoms with Gasteiger partial charge in [-0.2, -0.15) is 10.1 Å². The number of benzene rings is 1. The number of para-hydroxylation sites is 1. The predicted molar refractivity (Wildman–Crippen MR) is 141 cm³/mol. The summed E-state index contributed by atoms with van der Waals surface area (Å²) in [6.45, 7) is 6.23. The van der Waals surface area contributed by atoms with Crippen LogP contribution >= 0.6 is 19.3 Å². The molecule has 0 radical (unpaired) electrons. The molecule has 0 amide bonds. The minimum atomic E-state index is -4.43. The third-order valence-corrected chi connectivity index (χ3v) is 8.22. The van der Waals surface area contributed by atoms with Crippen molar-refractivity contribution in [2.75, 3.05) is 12.4 Å². The van der Waals surface area contributed by atoms with Crippen LogP contribution in [0.3, 0.4) is 0 Å². The zero-order valence-electron chi connectivity index (χ0n) is 22.1. The number of nitrogens with two attached hydrogens (primary N) is 1. The van der Waals surface area contributed by atoms with Gasteiger partial charge < -0.3 is 24.8 Å². The van der Waals surface area contributed by atoms with E-state index in [9.17, 15) is 23.7 Å². The normalized spacial score (nSPS) is 25.7. The van der Waals surface area contributed by atoms with E-state index in [1.54, 1.807) is 32.0 Å². The van der Waals surface area contributed by atoms with Gasteiger partial charge in [0, 0.05) is 6.20 Å². The number of anilines is 1. The number of rotatable bonds is 11. The first-order valence-electron chi connectivity index (χ1n) is 12.1. The van der Waals surface area contributed by atoms with Crippen molar-refractivity contribution in [2.45, 2.75) is 75.7 Å². The van der Waals surface area contributed by atoms with Gasteiger partial charge in [0.1, 0.15) is 47.0 Å². The van der Waals surface area contributed by atoms with Gasteiger partial charge in [-0.25, -0.2) is 13.8 Å². The van der Waals surface area contributed by atoms with Crippen LogP contribution in [0, 0.1) is 0 Å². The lowest BCUT2D eigenvalue weighted by molar-refractivity contribution is -0.149. The Morgan fingerprint density at radius 3 is 2.54 bits per heavy atom. The lowest BCUT2D eigenvalue weighted by Crippen LogP contribution is -2.51. The van der Waals surface area contributed by atoms with Gasteiger partial charge in [0.25, 0.3) is 0 Å². The highest BCUT2D eigenvalue weighted by molar-refractivity contribution is 7.52. The number of aliphatic hydroxyl groups is 1. The molecule has 3 rings (SSSR count). The molecule has 0 bridgehead atoms. The predicted octanol–water partition coefficient (Wildman–Crippen LogP) is 2.94. The first-order valence-corrected chi connectivity index (χ1v) is 14.0. The van der Waals surface area contributed by atoms with Gasteiger partial charge in [-0.15, -0.1) is 11.6 Å². The Morgan fingerprint density at radius 1 is 1.33 bits per heavy atom. The van der Waals surface area contributed by atoms with Gasteiger partial charge in [-0.05, 0) is 52.8 Å². The molecule has 4 N–H and O–H groups in total. The molecule has 1 unspecified atom stereocenters. The molecule has 12 nitrogen and oxygen atoms in total. The zero-order valence-corrected chi connectivity index (χ0v) is 23.8. The fourth-order valence-corrected chi connectivity index (χ4v) is 6.11. The topological polar surface area (TPSA) is 164 Å². The third kappa shape index (κ3) is 6.97. The summed E-state index contributed by atoms with van der Waals surface area (Å²) < 4.78 is 51.9. The van der Waals surface area contributed by atoms with Crippen LogP contribution in [0.15, 0.2) is 47.4 Å². The van der Waals surface area contributed by atoms with Crippen LogP contribution in [-0.4, -0.2) is 62.1 Å². The van der Waals surface area contributed by atoms with Crippen LogP contribution in [0.1, 0.15) is 40.8 Å².